The standard InChI is InChI=1S/C17H15ClN4O4/c1-25-15-10-13(6-7-14(15)22(23)24)19-9-8-16-20-17(21-26-16)11-2-4-12(18)5-3-11/h2-7,10,19H,8-9H2,1H3. The number of nitro benzene ring substituents is 1. The summed E-state index contributed by atoms with van der Waals surface area (Å²) in [6.45, 7) is 0.517. The van der Waals surface area contributed by atoms with Crippen LogP contribution in [-0.4, -0.2) is 28.7 Å². The third-order valence-electron chi connectivity index (χ3n) is 3.61. The normalized spacial score (nSPS) is 10.5. The van der Waals surface area contributed by atoms with E-state index in [0.29, 0.717) is 35.4 Å². The van der Waals surface area contributed by atoms with Crippen molar-refractivity contribution in [3.05, 3.63) is 63.5 Å². The molecule has 0 amide bonds. The van der Waals surface area contributed by atoms with Crippen LogP contribution in [0.5, 0.6) is 5.75 Å². The van der Waals surface area contributed by atoms with Crippen molar-refractivity contribution in [1.29, 1.82) is 0 Å². The van der Waals surface area contributed by atoms with Gasteiger partial charge in [-0.15, -0.1) is 0 Å². The van der Waals surface area contributed by atoms with Crippen LogP contribution in [0.15, 0.2) is 47.0 Å². The highest BCUT2D eigenvalue weighted by Gasteiger charge is 2.14. The van der Waals surface area contributed by atoms with Gasteiger partial charge in [0.25, 0.3) is 0 Å². The van der Waals surface area contributed by atoms with Crippen LogP contribution in [0, 0.1) is 10.1 Å². The molecule has 134 valence electrons. The lowest BCUT2D eigenvalue weighted by molar-refractivity contribution is -0.385. The van der Waals surface area contributed by atoms with Gasteiger partial charge in [-0.25, -0.2) is 0 Å². The third kappa shape index (κ3) is 4.09. The molecule has 0 atom stereocenters. The third-order valence-corrected chi connectivity index (χ3v) is 3.87. The molecule has 0 aliphatic carbocycles. The summed E-state index contributed by atoms with van der Waals surface area (Å²) in [5.41, 5.74) is 1.44. The molecule has 1 aromatic heterocycles. The molecule has 0 spiro atoms. The summed E-state index contributed by atoms with van der Waals surface area (Å²) >= 11 is 5.86. The average Bonchev–Trinajstić information content (AvgIpc) is 3.11. The molecule has 0 aliphatic heterocycles. The fourth-order valence-electron chi connectivity index (χ4n) is 2.32. The van der Waals surface area contributed by atoms with Gasteiger partial charge < -0.3 is 14.6 Å². The Hall–Kier alpha value is -3.13. The van der Waals surface area contributed by atoms with Crippen LogP contribution in [0.1, 0.15) is 5.89 Å². The number of aromatic nitrogens is 2. The summed E-state index contributed by atoms with van der Waals surface area (Å²) in [6.07, 6.45) is 0.500. The first-order valence-corrected chi connectivity index (χ1v) is 8.09. The number of nitrogens with one attached hydrogen (secondary N) is 1. The van der Waals surface area contributed by atoms with Gasteiger partial charge in [0.1, 0.15) is 0 Å². The summed E-state index contributed by atoms with van der Waals surface area (Å²) in [5, 5.41) is 18.6. The summed E-state index contributed by atoms with van der Waals surface area (Å²) in [7, 11) is 1.39. The van der Waals surface area contributed by atoms with E-state index in [1.165, 1.54) is 13.2 Å². The molecular weight excluding hydrogens is 360 g/mol. The second-order valence-corrected chi connectivity index (χ2v) is 5.78. The zero-order valence-electron chi connectivity index (χ0n) is 13.8. The first kappa shape index (κ1) is 17.7. The Bertz CT molecular complexity index is 911. The van der Waals surface area contributed by atoms with Crippen molar-refractivity contribution in [2.45, 2.75) is 6.42 Å². The van der Waals surface area contributed by atoms with E-state index >= 15 is 0 Å². The van der Waals surface area contributed by atoms with E-state index in [1.54, 1.807) is 24.3 Å². The summed E-state index contributed by atoms with van der Waals surface area (Å²) in [4.78, 5) is 14.7. The first-order valence-electron chi connectivity index (χ1n) is 7.71. The first-order chi connectivity index (χ1) is 12.6. The lowest BCUT2D eigenvalue weighted by Crippen LogP contribution is -2.05. The Morgan fingerprint density at radius 1 is 1.27 bits per heavy atom. The van der Waals surface area contributed by atoms with Gasteiger partial charge >= 0.3 is 5.69 Å². The molecule has 3 aromatic rings. The molecular formula is C17H15ClN4O4. The zero-order chi connectivity index (χ0) is 18.5. The smallest absolute Gasteiger partial charge is 0.311 e. The van der Waals surface area contributed by atoms with Crippen LogP contribution in [0.4, 0.5) is 11.4 Å². The van der Waals surface area contributed by atoms with Gasteiger partial charge in [0, 0.05) is 41.4 Å². The largest absolute Gasteiger partial charge is 0.490 e. The quantitative estimate of drug-likeness (QED) is 0.493. The number of nitrogens with zero attached hydrogens (tertiary/aromatic N) is 3. The lowest BCUT2D eigenvalue weighted by Gasteiger charge is -2.07. The Morgan fingerprint density at radius 3 is 2.73 bits per heavy atom. The van der Waals surface area contributed by atoms with Crippen LogP contribution in [0.2, 0.25) is 5.02 Å². The maximum Gasteiger partial charge on any atom is 0.311 e. The Balaban J connectivity index is 1.60. The number of hydrogen-bond acceptors (Lipinski definition) is 7. The molecule has 0 unspecified atom stereocenters. The molecule has 0 fully saturated rings. The van der Waals surface area contributed by atoms with Crippen LogP contribution in [0.25, 0.3) is 11.4 Å². The van der Waals surface area contributed by atoms with Crippen LogP contribution < -0.4 is 10.1 Å². The van der Waals surface area contributed by atoms with Crippen molar-refractivity contribution in [3.8, 4) is 17.1 Å². The fourth-order valence-corrected chi connectivity index (χ4v) is 2.45. The number of halogens is 1. The Morgan fingerprint density at radius 2 is 2.04 bits per heavy atom. The van der Waals surface area contributed by atoms with Crippen molar-refractivity contribution in [1.82, 2.24) is 10.1 Å². The van der Waals surface area contributed by atoms with Crippen molar-refractivity contribution < 1.29 is 14.2 Å². The molecule has 1 N–H and O–H groups in total. The Kier molecular flexibility index (Phi) is 5.33. The maximum absolute atomic E-state index is 10.9. The minimum atomic E-state index is -0.487. The molecule has 0 saturated carbocycles. The lowest BCUT2D eigenvalue weighted by atomic mass is 10.2. The summed E-state index contributed by atoms with van der Waals surface area (Å²) < 4.78 is 10.3. The molecule has 2 aromatic carbocycles. The summed E-state index contributed by atoms with van der Waals surface area (Å²) in [6, 6.07) is 11.7. The van der Waals surface area contributed by atoms with Gasteiger partial charge in [-0.3, -0.25) is 10.1 Å². The van der Waals surface area contributed by atoms with E-state index in [2.05, 4.69) is 15.5 Å². The molecule has 9 heteroatoms. The fraction of sp³-hybridized carbons (Fsp3) is 0.176. The molecule has 8 nitrogen and oxygen atoms in total. The monoisotopic (exact) mass is 374 g/mol. The van der Waals surface area contributed by atoms with Crippen molar-refractivity contribution in [2.24, 2.45) is 0 Å². The number of nitro groups is 1. The van der Waals surface area contributed by atoms with Gasteiger partial charge in [-0.1, -0.05) is 16.8 Å². The average molecular weight is 375 g/mol. The highest BCUT2D eigenvalue weighted by atomic mass is 35.5. The minimum Gasteiger partial charge on any atom is -0.490 e. The predicted molar refractivity (Wildman–Crippen MR) is 96.6 cm³/mol. The molecule has 0 saturated heterocycles. The zero-order valence-corrected chi connectivity index (χ0v) is 14.6. The van der Waals surface area contributed by atoms with Crippen LogP contribution in [-0.2, 0) is 6.42 Å². The van der Waals surface area contributed by atoms with Gasteiger partial charge in [0.2, 0.25) is 11.7 Å². The van der Waals surface area contributed by atoms with E-state index < -0.39 is 4.92 Å². The molecule has 0 aliphatic rings. The Labute approximate surface area is 153 Å². The second kappa shape index (κ2) is 7.83. The molecule has 1 heterocycles. The number of ether oxygens (including phenoxy) is 1. The number of methoxy groups -OCH3 is 1. The van der Waals surface area contributed by atoms with Gasteiger partial charge in [-0.2, -0.15) is 4.98 Å². The SMILES string of the molecule is COc1cc(NCCc2nc(-c3ccc(Cl)cc3)no2)ccc1[N+](=O)[O-]. The van der Waals surface area contributed by atoms with Crippen molar-refractivity contribution in [2.75, 3.05) is 19.0 Å². The van der Waals surface area contributed by atoms with Gasteiger partial charge in [0.05, 0.1) is 12.0 Å². The number of rotatable bonds is 7. The number of benzene rings is 2. The van der Waals surface area contributed by atoms with Crippen molar-refractivity contribution >= 4 is 23.0 Å². The minimum absolute atomic E-state index is 0.0810. The highest BCUT2D eigenvalue weighted by Crippen LogP contribution is 2.29. The van der Waals surface area contributed by atoms with E-state index in [0.717, 1.165) is 5.56 Å². The maximum atomic E-state index is 10.9. The molecule has 0 bridgehead atoms. The topological polar surface area (TPSA) is 103 Å². The van der Waals surface area contributed by atoms with E-state index in [-0.39, 0.29) is 11.4 Å². The van der Waals surface area contributed by atoms with E-state index in [9.17, 15) is 10.1 Å². The number of hydrogen-bond donors (Lipinski definition) is 1. The second-order valence-electron chi connectivity index (χ2n) is 5.34. The molecule has 3 rings (SSSR count). The van der Waals surface area contributed by atoms with Gasteiger partial charge in [0.15, 0.2) is 5.75 Å². The van der Waals surface area contributed by atoms with E-state index in [1.807, 2.05) is 12.1 Å². The van der Waals surface area contributed by atoms with Gasteiger partial charge in [-0.05, 0) is 30.3 Å². The van der Waals surface area contributed by atoms with Crippen LogP contribution in [0.3, 0.4) is 0 Å². The summed E-state index contributed by atoms with van der Waals surface area (Å²) in [5.74, 6) is 1.17. The van der Waals surface area contributed by atoms with Crippen LogP contribution >= 0.6 is 11.6 Å². The molecule has 0 radical (unpaired) electrons. The predicted octanol–water partition coefficient (Wildman–Crippen LogP) is 3.96. The highest BCUT2D eigenvalue weighted by molar-refractivity contribution is 6.30. The van der Waals surface area contributed by atoms with E-state index in [4.69, 9.17) is 20.9 Å². The van der Waals surface area contributed by atoms with Crippen molar-refractivity contribution in [3.63, 3.8) is 0 Å². The number of anilines is 1. The molecule has 26 heavy (non-hydrogen) atoms.